The lowest BCUT2D eigenvalue weighted by Gasteiger charge is -2.34. The van der Waals surface area contributed by atoms with Crippen LogP contribution in [0.2, 0.25) is 0 Å². The first kappa shape index (κ1) is 22.6. The van der Waals surface area contributed by atoms with Crippen molar-refractivity contribution < 1.29 is 9.47 Å². The van der Waals surface area contributed by atoms with Gasteiger partial charge in [-0.25, -0.2) is 0 Å². The lowest BCUT2D eigenvalue weighted by Crippen LogP contribution is -2.40. The zero-order valence-electron chi connectivity index (χ0n) is 18.6. The Bertz CT molecular complexity index is 1170. The maximum atomic E-state index is 6.25. The molecule has 1 atom stereocenters. The number of benzene rings is 3. The molecule has 0 bridgehead atoms. The summed E-state index contributed by atoms with van der Waals surface area (Å²) < 4.78 is 12.0. The number of methoxy groups -OCH3 is 1. The summed E-state index contributed by atoms with van der Waals surface area (Å²) in [5, 5.41) is 1.64. The zero-order chi connectivity index (χ0) is 22.8. The highest BCUT2D eigenvalue weighted by molar-refractivity contribution is 9.08. The molecule has 0 fully saturated rings. The zero-order valence-corrected chi connectivity index (χ0v) is 21.7. The summed E-state index contributed by atoms with van der Waals surface area (Å²) in [5.41, 5.74) is 8.57. The van der Waals surface area contributed by atoms with Crippen LogP contribution in [0.15, 0.2) is 59.6 Å². The number of alkyl halides is 2. The molecule has 3 aromatic rings. The minimum atomic E-state index is 0.303. The van der Waals surface area contributed by atoms with Crippen LogP contribution >= 0.6 is 31.9 Å². The second-order valence-electron chi connectivity index (χ2n) is 8.57. The number of hydrogen-bond donors (Lipinski definition) is 0. The first-order valence-corrected chi connectivity index (χ1v) is 13.3. The van der Waals surface area contributed by atoms with Gasteiger partial charge in [-0.05, 0) is 45.9 Å². The highest BCUT2D eigenvalue weighted by Crippen LogP contribution is 2.38. The molecule has 0 amide bonds. The van der Waals surface area contributed by atoms with Gasteiger partial charge in [-0.15, -0.1) is 0 Å². The van der Waals surface area contributed by atoms with Crippen LogP contribution in [0.25, 0.3) is 0 Å². The van der Waals surface area contributed by atoms with E-state index in [1.807, 2.05) is 6.07 Å². The average molecular weight is 570 g/mol. The SMILES string of the molecule is COc1cc2c(cc1OCc1cc(CBr)cc(CBr)c1)N=C[C@@H]1Cc3ccccc3CN1C2. The molecular weight excluding hydrogens is 544 g/mol. The molecule has 0 unspecified atom stereocenters. The maximum absolute atomic E-state index is 6.25. The van der Waals surface area contributed by atoms with E-state index in [0.29, 0.717) is 12.6 Å². The van der Waals surface area contributed by atoms with Crippen LogP contribution in [0, 0.1) is 0 Å². The number of ether oxygens (including phenoxy) is 2. The fraction of sp³-hybridized carbons (Fsp3) is 0.296. The summed E-state index contributed by atoms with van der Waals surface area (Å²) in [4.78, 5) is 7.37. The molecule has 4 nitrogen and oxygen atoms in total. The Kier molecular flexibility index (Phi) is 6.86. The number of nitrogens with zero attached hydrogens (tertiary/aromatic N) is 2. The lowest BCUT2D eigenvalue weighted by atomic mass is 9.94. The standard InChI is InChI=1S/C27H26Br2N2O2/c1-32-26-10-23-16-31-15-22-5-3-2-4-21(22)9-24(31)14-30-25(23)11-27(26)33-17-20-7-18(12-28)6-19(8-20)13-29/h2-8,10-11,14,24H,9,12-13,15-17H2,1H3/t24-/m0/s1. The van der Waals surface area contributed by atoms with Gasteiger partial charge in [0, 0.05) is 42.1 Å². The third-order valence-electron chi connectivity index (χ3n) is 6.33. The van der Waals surface area contributed by atoms with E-state index in [4.69, 9.17) is 14.5 Å². The molecule has 2 heterocycles. The van der Waals surface area contributed by atoms with Crippen molar-refractivity contribution in [2.45, 2.75) is 42.8 Å². The Morgan fingerprint density at radius 3 is 2.30 bits per heavy atom. The number of aliphatic imine (C=N–C) groups is 1. The topological polar surface area (TPSA) is 34.1 Å². The molecule has 0 aliphatic carbocycles. The van der Waals surface area contributed by atoms with Gasteiger partial charge in [0.2, 0.25) is 0 Å². The highest BCUT2D eigenvalue weighted by atomic mass is 79.9. The third-order valence-corrected chi connectivity index (χ3v) is 7.62. The molecule has 5 rings (SSSR count). The van der Waals surface area contributed by atoms with Crippen LogP contribution in [0.5, 0.6) is 11.5 Å². The number of hydrogen-bond acceptors (Lipinski definition) is 4. The van der Waals surface area contributed by atoms with E-state index in [0.717, 1.165) is 52.9 Å². The summed E-state index contributed by atoms with van der Waals surface area (Å²) in [7, 11) is 1.70. The summed E-state index contributed by atoms with van der Waals surface area (Å²) in [6.07, 6.45) is 3.09. The van der Waals surface area contributed by atoms with Crippen molar-refractivity contribution in [2.24, 2.45) is 4.99 Å². The molecule has 3 aromatic carbocycles. The van der Waals surface area contributed by atoms with Gasteiger partial charge in [0.1, 0.15) is 6.61 Å². The maximum Gasteiger partial charge on any atom is 0.163 e. The van der Waals surface area contributed by atoms with E-state index in [-0.39, 0.29) is 0 Å². The molecule has 0 spiro atoms. The van der Waals surface area contributed by atoms with Crippen LogP contribution < -0.4 is 9.47 Å². The summed E-state index contributed by atoms with van der Waals surface area (Å²) in [6, 6.07) is 19.7. The van der Waals surface area contributed by atoms with E-state index in [1.54, 1.807) is 7.11 Å². The van der Waals surface area contributed by atoms with E-state index in [1.165, 1.54) is 27.8 Å². The van der Waals surface area contributed by atoms with E-state index in [9.17, 15) is 0 Å². The summed E-state index contributed by atoms with van der Waals surface area (Å²) in [5.74, 6) is 1.47. The van der Waals surface area contributed by atoms with Gasteiger partial charge >= 0.3 is 0 Å². The molecule has 0 saturated carbocycles. The second kappa shape index (κ2) is 10.00. The molecule has 33 heavy (non-hydrogen) atoms. The number of fused-ring (bicyclic) bond motifs is 3. The van der Waals surface area contributed by atoms with E-state index >= 15 is 0 Å². The Labute approximate surface area is 211 Å². The van der Waals surface area contributed by atoms with E-state index < -0.39 is 0 Å². The molecule has 0 saturated heterocycles. The molecule has 0 N–H and O–H groups in total. The average Bonchev–Trinajstić information content (AvgIpc) is 3.03. The molecule has 2 aliphatic rings. The Balaban J connectivity index is 1.39. The van der Waals surface area contributed by atoms with Crippen molar-refractivity contribution in [1.82, 2.24) is 4.90 Å². The van der Waals surface area contributed by atoms with Gasteiger partial charge in [0.15, 0.2) is 11.5 Å². The van der Waals surface area contributed by atoms with Crippen LogP contribution in [0.1, 0.15) is 33.4 Å². The van der Waals surface area contributed by atoms with Crippen LogP contribution in [0.3, 0.4) is 0 Å². The molecule has 170 valence electrons. The summed E-state index contributed by atoms with van der Waals surface area (Å²) in [6.45, 7) is 2.25. The van der Waals surface area contributed by atoms with Gasteiger partial charge in [-0.1, -0.05) is 74.3 Å². The predicted molar refractivity (Wildman–Crippen MR) is 140 cm³/mol. The minimum absolute atomic E-state index is 0.303. The normalized spacial score (nSPS) is 17.0. The summed E-state index contributed by atoms with van der Waals surface area (Å²) >= 11 is 7.12. The Morgan fingerprint density at radius 1 is 0.879 bits per heavy atom. The Morgan fingerprint density at radius 2 is 1.58 bits per heavy atom. The van der Waals surface area contributed by atoms with Crippen molar-refractivity contribution in [3.8, 4) is 11.5 Å². The van der Waals surface area contributed by atoms with Gasteiger partial charge in [0.05, 0.1) is 12.8 Å². The second-order valence-corrected chi connectivity index (χ2v) is 9.69. The van der Waals surface area contributed by atoms with Gasteiger partial charge in [-0.2, -0.15) is 0 Å². The molecule has 0 radical (unpaired) electrons. The van der Waals surface area contributed by atoms with Crippen LogP contribution in [-0.2, 0) is 36.8 Å². The first-order valence-electron chi connectivity index (χ1n) is 11.1. The van der Waals surface area contributed by atoms with Crippen LogP contribution in [-0.4, -0.2) is 24.3 Å². The number of rotatable bonds is 6. The molecule has 6 heteroatoms. The Hall–Kier alpha value is -2.15. The third kappa shape index (κ3) is 4.88. The van der Waals surface area contributed by atoms with Crippen molar-refractivity contribution in [1.29, 1.82) is 0 Å². The van der Waals surface area contributed by atoms with Crippen molar-refractivity contribution in [3.05, 3.63) is 88.0 Å². The highest BCUT2D eigenvalue weighted by Gasteiger charge is 2.28. The van der Waals surface area contributed by atoms with Crippen molar-refractivity contribution in [2.75, 3.05) is 7.11 Å². The fourth-order valence-corrected chi connectivity index (χ4v) is 5.30. The first-order chi connectivity index (χ1) is 16.2. The van der Waals surface area contributed by atoms with Crippen LogP contribution in [0.4, 0.5) is 5.69 Å². The van der Waals surface area contributed by atoms with Gasteiger partial charge in [0.25, 0.3) is 0 Å². The molecule has 0 aromatic heterocycles. The quantitative estimate of drug-likeness (QED) is 0.309. The largest absolute Gasteiger partial charge is 0.493 e. The fourth-order valence-electron chi connectivity index (χ4n) is 4.66. The van der Waals surface area contributed by atoms with Crippen molar-refractivity contribution in [3.63, 3.8) is 0 Å². The molecule has 2 aliphatic heterocycles. The smallest absolute Gasteiger partial charge is 0.163 e. The van der Waals surface area contributed by atoms with E-state index in [2.05, 4.69) is 91.5 Å². The minimum Gasteiger partial charge on any atom is -0.493 e. The monoisotopic (exact) mass is 568 g/mol. The van der Waals surface area contributed by atoms with Crippen molar-refractivity contribution >= 4 is 43.8 Å². The van der Waals surface area contributed by atoms with Gasteiger partial charge in [-0.3, -0.25) is 9.89 Å². The lowest BCUT2D eigenvalue weighted by molar-refractivity contribution is 0.212. The molecular formula is C27H26Br2N2O2. The predicted octanol–water partition coefficient (Wildman–Crippen LogP) is 6.71. The number of halogens is 2. The van der Waals surface area contributed by atoms with Gasteiger partial charge < -0.3 is 9.47 Å².